The summed E-state index contributed by atoms with van der Waals surface area (Å²) in [5.74, 6) is 8.35. The lowest BCUT2D eigenvalue weighted by molar-refractivity contribution is 0.399. The van der Waals surface area contributed by atoms with Gasteiger partial charge in [-0.1, -0.05) is 208 Å². The molecule has 31 heteroatoms. The molecule has 10 heterocycles. The molecular formula is C85H111N25O5S. The second kappa shape index (κ2) is 58.4. The SMILES string of the molecule is C.C.C.CC(C)c1cc(C#N)on1.CC(C)c1ccccc1C#N.CC(C)c1ccnc(C#N)n1.CC(C)c1ccnnc1C#N.CC(C)c1cnccc1C#N.CC(C)c1cnoc1C#N.CC(C)c1ncnc(C#N)n1.CC(C)c1nnc(C#N)o1.CC(C)c1ocnc1C#N.Cc1coc(C(C)C)n1.Cc1nsc(C(C)C)n1. The number of rotatable bonds is 11. The van der Waals surface area contributed by atoms with Crippen molar-refractivity contribution in [2.75, 3.05) is 0 Å². The molecule has 1 aromatic carbocycles. The van der Waals surface area contributed by atoms with Crippen LogP contribution in [0.5, 0.6) is 0 Å². The Labute approximate surface area is 689 Å². The normalized spacial score (nSPS) is 9.60. The quantitative estimate of drug-likeness (QED) is 0.116. The number of aryl methyl sites for hydroxylation is 2. The van der Waals surface area contributed by atoms with Crippen molar-refractivity contribution >= 4 is 11.5 Å². The summed E-state index contributed by atoms with van der Waals surface area (Å²) in [4.78, 5) is 35.3. The second-order valence-electron chi connectivity index (χ2n) is 27.3. The third-order valence-electron chi connectivity index (χ3n) is 14.3. The van der Waals surface area contributed by atoms with E-state index in [-0.39, 0.29) is 63.3 Å². The number of pyridine rings is 1. The van der Waals surface area contributed by atoms with Crippen LogP contribution in [0.15, 0.2) is 121 Å². The van der Waals surface area contributed by atoms with Gasteiger partial charge in [-0.15, -0.1) is 10.2 Å². The van der Waals surface area contributed by atoms with Crippen molar-refractivity contribution in [3.05, 3.63) is 224 Å². The van der Waals surface area contributed by atoms with E-state index < -0.39 is 0 Å². The minimum atomic E-state index is 0. The third-order valence-corrected chi connectivity index (χ3v) is 15.4. The molecular weight excluding hydrogens is 1480 g/mol. The molecule has 0 unspecified atom stereocenters. The van der Waals surface area contributed by atoms with Crippen LogP contribution in [0.25, 0.3) is 0 Å². The van der Waals surface area contributed by atoms with E-state index in [1.807, 2.05) is 184 Å². The van der Waals surface area contributed by atoms with E-state index >= 15 is 0 Å². The fourth-order valence-corrected chi connectivity index (χ4v) is 8.81. The van der Waals surface area contributed by atoms with Crippen LogP contribution in [0.3, 0.4) is 0 Å². The van der Waals surface area contributed by atoms with Gasteiger partial charge in [0.1, 0.15) is 71.4 Å². The Hall–Kier alpha value is -13.5. The topological polar surface area (TPSA) is 486 Å². The molecule has 0 fully saturated rings. The Bertz CT molecular complexity index is 4630. The van der Waals surface area contributed by atoms with Crippen LogP contribution in [-0.2, 0) is 0 Å². The van der Waals surface area contributed by atoms with Crippen molar-refractivity contribution in [2.24, 2.45) is 0 Å². The van der Waals surface area contributed by atoms with Crippen LogP contribution < -0.4 is 0 Å². The molecule has 116 heavy (non-hydrogen) atoms. The first-order valence-electron chi connectivity index (χ1n) is 36.0. The number of oxazole rings is 2. The zero-order chi connectivity index (χ0) is 85.3. The molecule has 30 nitrogen and oxygen atoms in total. The maximum absolute atomic E-state index is 8.72. The minimum Gasteiger partial charge on any atom is -0.448 e. The Morgan fingerprint density at radius 2 is 1.02 bits per heavy atom. The molecule has 0 saturated heterocycles. The maximum atomic E-state index is 8.72. The second-order valence-corrected chi connectivity index (χ2v) is 28.1. The van der Waals surface area contributed by atoms with Gasteiger partial charge in [-0.05, 0) is 102 Å². The van der Waals surface area contributed by atoms with Crippen LogP contribution in [0.2, 0.25) is 0 Å². The first-order valence-corrected chi connectivity index (χ1v) is 36.8. The van der Waals surface area contributed by atoms with Gasteiger partial charge in [0.2, 0.25) is 29.1 Å². The van der Waals surface area contributed by atoms with Gasteiger partial charge >= 0.3 is 5.89 Å². The van der Waals surface area contributed by atoms with Crippen molar-refractivity contribution in [1.29, 1.82) is 47.4 Å². The average Bonchev–Trinajstić information content (AvgIpc) is 1.81. The molecule has 0 N–H and O–H groups in total. The molecule has 0 amide bonds. The molecule has 0 saturated carbocycles. The number of nitrogens with zero attached hydrogens (tertiary/aromatic N) is 25. The van der Waals surface area contributed by atoms with Crippen molar-refractivity contribution < 1.29 is 22.3 Å². The molecule has 11 aromatic rings. The van der Waals surface area contributed by atoms with Crippen molar-refractivity contribution in [1.82, 2.24) is 79.9 Å². The number of aromatic nitrogens is 16. The van der Waals surface area contributed by atoms with E-state index in [1.165, 1.54) is 24.3 Å². The molecule has 0 aliphatic rings. The highest BCUT2D eigenvalue weighted by molar-refractivity contribution is 7.05. The summed E-state index contributed by atoms with van der Waals surface area (Å²) in [5.41, 5.74) is 9.05. The molecule has 10 aromatic heterocycles. The predicted molar refractivity (Wildman–Crippen MR) is 442 cm³/mol. The molecule has 11 rings (SSSR count). The lowest BCUT2D eigenvalue weighted by Gasteiger charge is -2.05. The Balaban J connectivity index is -0.00000121. The highest BCUT2D eigenvalue weighted by Crippen LogP contribution is 2.22. The van der Waals surface area contributed by atoms with E-state index in [4.69, 9.17) is 60.6 Å². The minimum absolute atomic E-state index is 0. The van der Waals surface area contributed by atoms with Crippen LogP contribution >= 0.6 is 11.5 Å². The van der Waals surface area contributed by atoms with E-state index in [9.17, 15) is 0 Å². The van der Waals surface area contributed by atoms with Crippen LogP contribution in [0, 0.1) is 116 Å². The summed E-state index contributed by atoms with van der Waals surface area (Å²) in [5, 5.41) is 99.3. The highest BCUT2D eigenvalue weighted by atomic mass is 32.1. The lowest BCUT2D eigenvalue weighted by atomic mass is 9.98. The predicted octanol–water partition coefficient (Wildman–Crippen LogP) is 20.6. The Morgan fingerprint density at radius 3 is 1.41 bits per heavy atom. The number of hydrogen-bond donors (Lipinski definition) is 0. The number of benzene rings is 1. The number of hydrogen-bond acceptors (Lipinski definition) is 31. The molecule has 0 spiro atoms. The standard InChI is InChI=1S/C10H11N.C9H10N2.2C8H9N3.C7H8N4.3C7H8N2O.C7H11NO.C6H7N3O.C6H10N2S.3CH4/c1-8(2)10-6-4-3-5-9(10)7-11;1-7(2)9-6-11-4-3-8(9)5-10;1-6(2)7-3-4-10-8(5-9)11-7;1-6(2)7-3-4-10-11-8(7)5-9;1-5(2)7-10-4-9-6(3-8)11-7;1-5(2)6-4-9-10-7(6)3-8;1-5(2)7-6(3-8)9-4-10-7;1-5(2)7-3-6(4-8)10-9-7;1-5(2)7-8-6(3)4-9-7;1-4(2)6-9-8-5(3-7)10-6;1-4(2)6-7-5(3)8-9-6;;;/h3-6,8H,1-2H3;3-4,6-7H,1-2H3;2*3-4,6H,1-2H3;4-5H,1-2H3;2*4-5H,1-2H3;3,5H,1-2H3;4-5H,1-3H3;4H,1-2H3;4H,1-3H3;3*1H4. The monoisotopic (exact) mass is 1590 g/mol. The van der Waals surface area contributed by atoms with Crippen molar-refractivity contribution in [2.45, 2.75) is 254 Å². The van der Waals surface area contributed by atoms with Gasteiger partial charge in [0.05, 0.1) is 40.9 Å². The van der Waals surface area contributed by atoms with Gasteiger partial charge in [0.15, 0.2) is 29.7 Å². The van der Waals surface area contributed by atoms with Crippen LogP contribution in [0.1, 0.15) is 365 Å². The van der Waals surface area contributed by atoms with E-state index in [2.05, 4.69) is 157 Å². The molecule has 612 valence electrons. The zero-order valence-electron chi connectivity index (χ0n) is 68.7. The summed E-state index contributed by atoms with van der Waals surface area (Å²) in [6.07, 6.45) is 12.5. The molecule has 0 aliphatic heterocycles. The van der Waals surface area contributed by atoms with Crippen molar-refractivity contribution in [3.63, 3.8) is 0 Å². The van der Waals surface area contributed by atoms with Gasteiger partial charge < -0.3 is 22.3 Å². The Kier molecular flexibility index (Phi) is 53.7. The van der Waals surface area contributed by atoms with E-state index in [0.717, 1.165) is 67.2 Å². The summed E-state index contributed by atoms with van der Waals surface area (Å²) >= 11 is 1.50. The summed E-state index contributed by atoms with van der Waals surface area (Å²) in [7, 11) is 0. The maximum Gasteiger partial charge on any atom is 0.321 e. The average molecular weight is 1600 g/mol. The first kappa shape index (κ1) is 107. The zero-order valence-corrected chi connectivity index (χ0v) is 69.5. The lowest BCUT2D eigenvalue weighted by Crippen LogP contribution is -2.00. The van der Waals surface area contributed by atoms with Crippen molar-refractivity contribution in [3.8, 4) is 54.6 Å². The van der Waals surface area contributed by atoms with Gasteiger partial charge in [-0.2, -0.15) is 56.8 Å². The highest BCUT2D eigenvalue weighted by Gasteiger charge is 2.14. The Morgan fingerprint density at radius 1 is 0.422 bits per heavy atom. The summed E-state index contributed by atoms with van der Waals surface area (Å²) in [6.45, 7) is 48.3. The van der Waals surface area contributed by atoms with Gasteiger partial charge in [0.25, 0.3) is 0 Å². The van der Waals surface area contributed by atoms with Crippen LogP contribution in [-0.4, -0.2) is 79.9 Å². The fourth-order valence-electron chi connectivity index (χ4n) is 8.16. The van der Waals surface area contributed by atoms with E-state index in [0.29, 0.717) is 82.0 Å². The summed E-state index contributed by atoms with van der Waals surface area (Å²) in [6, 6.07) is 32.4. The molecule has 0 atom stereocenters. The molecule has 0 aliphatic carbocycles. The van der Waals surface area contributed by atoms with Gasteiger partial charge in [-0.25, -0.2) is 39.9 Å². The third kappa shape index (κ3) is 40.1. The van der Waals surface area contributed by atoms with Gasteiger partial charge in [-0.3, -0.25) is 4.98 Å². The summed E-state index contributed by atoms with van der Waals surface area (Å²) < 4.78 is 28.4. The number of nitriles is 9. The fraction of sp³-hybridized carbons (Fsp3) is 0.447. The first-order chi connectivity index (χ1) is 53.6. The largest absolute Gasteiger partial charge is 0.448 e. The van der Waals surface area contributed by atoms with Gasteiger partial charge in [0, 0.05) is 71.7 Å². The smallest absolute Gasteiger partial charge is 0.321 e. The molecule has 0 radical (unpaired) electrons. The van der Waals surface area contributed by atoms with E-state index in [1.54, 1.807) is 55.4 Å². The van der Waals surface area contributed by atoms with Crippen LogP contribution in [0.4, 0.5) is 0 Å². The molecule has 0 bridgehead atoms.